The minimum Gasteiger partial charge on any atom is -0.330 e. The maximum atomic E-state index is 6.18. The molecule has 0 unspecified atom stereocenters. The van der Waals surface area contributed by atoms with Gasteiger partial charge >= 0.3 is 0 Å². The fourth-order valence-electron chi connectivity index (χ4n) is 3.53. The average Bonchev–Trinajstić information content (AvgIpc) is 3.21. The van der Waals surface area contributed by atoms with Crippen molar-refractivity contribution in [3.8, 4) is 0 Å². The molecule has 0 atom stereocenters. The summed E-state index contributed by atoms with van der Waals surface area (Å²) in [6.45, 7) is 5.80. The van der Waals surface area contributed by atoms with Crippen molar-refractivity contribution in [3.63, 3.8) is 0 Å². The van der Waals surface area contributed by atoms with E-state index in [1.165, 1.54) is 77.3 Å². The van der Waals surface area contributed by atoms with Crippen LogP contribution in [0, 0.1) is 5.41 Å². The minimum atomic E-state index is 0.451. The Kier molecular flexibility index (Phi) is 5.50. The third-order valence-electron chi connectivity index (χ3n) is 5.00. The monoisotopic (exact) mass is 252 g/mol. The van der Waals surface area contributed by atoms with E-state index >= 15 is 0 Å². The molecule has 2 rings (SSSR count). The van der Waals surface area contributed by atoms with Crippen molar-refractivity contribution in [2.75, 3.05) is 19.6 Å². The van der Waals surface area contributed by atoms with E-state index in [0.717, 1.165) is 12.6 Å². The standard InChI is InChI=1S/C16H32N2/c1-2-3-12-18(15-8-9-15)14-16(13-17)10-6-4-5-7-11-16/h15H,2-14,17H2,1H3. The Labute approximate surface area is 113 Å². The number of unbranched alkanes of at least 4 members (excludes halogenated alkanes) is 1. The molecule has 2 heteroatoms. The lowest BCUT2D eigenvalue weighted by Crippen LogP contribution is -2.43. The zero-order valence-corrected chi connectivity index (χ0v) is 12.3. The van der Waals surface area contributed by atoms with Crippen molar-refractivity contribution in [1.82, 2.24) is 4.90 Å². The van der Waals surface area contributed by atoms with Gasteiger partial charge in [0.15, 0.2) is 0 Å². The molecule has 2 fully saturated rings. The summed E-state index contributed by atoms with van der Waals surface area (Å²) in [4.78, 5) is 2.78. The van der Waals surface area contributed by atoms with Gasteiger partial charge in [-0.3, -0.25) is 4.90 Å². The Hall–Kier alpha value is -0.0800. The largest absolute Gasteiger partial charge is 0.330 e. The van der Waals surface area contributed by atoms with Crippen LogP contribution >= 0.6 is 0 Å². The van der Waals surface area contributed by atoms with E-state index in [1.807, 2.05) is 0 Å². The molecule has 2 N–H and O–H groups in total. The smallest absolute Gasteiger partial charge is 0.00966 e. The van der Waals surface area contributed by atoms with E-state index in [1.54, 1.807) is 0 Å². The lowest BCUT2D eigenvalue weighted by Gasteiger charge is -2.37. The van der Waals surface area contributed by atoms with E-state index in [0.29, 0.717) is 5.41 Å². The van der Waals surface area contributed by atoms with Crippen LogP contribution in [-0.2, 0) is 0 Å². The van der Waals surface area contributed by atoms with Gasteiger partial charge in [-0.1, -0.05) is 39.0 Å². The molecule has 106 valence electrons. The second kappa shape index (κ2) is 6.91. The Bertz CT molecular complexity index is 227. The highest BCUT2D eigenvalue weighted by molar-refractivity contribution is 4.91. The van der Waals surface area contributed by atoms with Crippen LogP contribution in [0.25, 0.3) is 0 Å². The van der Waals surface area contributed by atoms with Crippen molar-refractivity contribution in [1.29, 1.82) is 0 Å². The molecule has 2 aliphatic carbocycles. The number of nitrogens with two attached hydrogens (primary N) is 1. The predicted octanol–water partition coefficient (Wildman–Crippen LogP) is 3.55. The van der Waals surface area contributed by atoms with Gasteiger partial charge in [0.2, 0.25) is 0 Å². The van der Waals surface area contributed by atoms with E-state index in [2.05, 4.69) is 11.8 Å². The van der Waals surface area contributed by atoms with Crippen LogP contribution in [0.5, 0.6) is 0 Å². The van der Waals surface area contributed by atoms with Gasteiger partial charge in [-0.05, 0) is 50.6 Å². The van der Waals surface area contributed by atoms with Gasteiger partial charge < -0.3 is 5.73 Å². The summed E-state index contributed by atoms with van der Waals surface area (Å²) >= 11 is 0. The van der Waals surface area contributed by atoms with E-state index in [-0.39, 0.29) is 0 Å². The molecule has 2 saturated carbocycles. The van der Waals surface area contributed by atoms with Crippen LogP contribution in [0.4, 0.5) is 0 Å². The van der Waals surface area contributed by atoms with Crippen LogP contribution in [0.15, 0.2) is 0 Å². The highest BCUT2D eigenvalue weighted by Gasteiger charge is 2.36. The van der Waals surface area contributed by atoms with Crippen molar-refractivity contribution < 1.29 is 0 Å². The quantitative estimate of drug-likeness (QED) is 0.702. The second-order valence-electron chi connectivity index (χ2n) is 6.67. The van der Waals surface area contributed by atoms with Crippen LogP contribution < -0.4 is 5.73 Å². The van der Waals surface area contributed by atoms with E-state index in [9.17, 15) is 0 Å². The Morgan fingerprint density at radius 2 is 1.78 bits per heavy atom. The van der Waals surface area contributed by atoms with Crippen molar-refractivity contribution in [3.05, 3.63) is 0 Å². The first-order valence-electron chi connectivity index (χ1n) is 8.24. The maximum Gasteiger partial charge on any atom is 0.00966 e. The topological polar surface area (TPSA) is 29.3 Å². The third kappa shape index (κ3) is 3.96. The summed E-state index contributed by atoms with van der Waals surface area (Å²) in [5.74, 6) is 0. The van der Waals surface area contributed by atoms with Gasteiger partial charge in [-0.25, -0.2) is 0 Å². The van der Waals surface area contributed by atoms with Gasteiger partial charge in [0.1, 0.15) is 0 Å². The zero-order chi connectivity index (χ0) is 12.8. The molecule has 2 aliphatic rings. The molecule has 0 aliphatic heterocycles. The van der Waals surface area contributed by atoms with Gasteiger partial charge in [0.25, 0.3) is 0 Å². The van der Waals surface area contributed by atoms with E-state index < -0.39 is 0 Å². The second-order valence-corrected chi connectivity index (χ2v) is 6.67. The molecule has 0 aromatic carbocycles. The SMILES string of the molecule is CCCCN(CC1(CN)CCCCCC1)C1CC1. The lowest BCUT2D eigenvalue weighted by molar-refractivity contribution is 0.128. The van der Waals surface area contributed by atoms with Crippen LogP contribution in [0.3, 0.4) is 0 Å². The van der Waals surface area contributed by atoms with Crippen LogP contribution in [-0.4, -0.2) is 30.6 Å². The Morgan fingerprint density at radius 3 is 2.28 bits per heavy atom. The molecule has 0 heterocycles. The van der Waals surface area contributed by atoms with Gasteiger partial charge in [0.05, 0.1) is 0 Å². The first-order chi connectivity index (χ1) is 8.79. The molecule has 0 spiro atoms. The van der Waals surface area contributed by atoms with Crippen molar-refractivity contribution in [2.45, 2.75) is 77.2 Å². The molecular formula is C16H32N2. The molecule has 18 heavy (non-hydrogen) atoms. The average molecular weight is 252 g/mol. The summed E-state index contributed by atoms with van der Waals surface area (Å²) < 4.78 is 0. The molecule has 0 aromatic heterocycles. The van der Waals surface area contributed by atoms with Gasteiger partial charge in [-0.15, -0.1) is 0 Å². The highest BCUT2D eigenvalue weighted by atomic mass is 15.2. The first-order valence-corrected chi connectivity index (χ1v) is 8.24. The van der Waals surface area contributed by atoms with E-state index in [4.69, 9.17) is 5.73 Å². The summed E-state index contributed by atoms with van der Waals surface area (Å²) in [6.07, 6.45) is 14.0. The maximum absolute atomic E-state index is 6.18. The molecular weight excluding hydrogens is 220 g/mol. The van der Waals surface area contributed by atoms with Crippen LogP contribution in [0.2, 0.25) is 0 Å². The molecule has 0 saturated heterocycles. The molecule has 0 radical (unpaired) electrons. The highest BCUT2D eigenvalue weighted by Crippen LogP contribution is 2.38. The molecule has 0 bridgehead atoms. The Morgan fingerprint density at radius 1 is 1.11 bits per heavy atom. The summed E-state index contributed by atoms with van der Waals surface area (Å²) in [7, 11) is 0. The fourth-order valence-corrected chi connectivity index (χ4v) is 3.53. The third-order valence-corrected chi connectivity index (χ3v) is 5.00. The lowest BCUT2D eigenvalue weighted by atomic mass is 9.79. The summed E-state index contributed by atoms with van der Waals surface area (Å²) in [5.41, 5.74) is 6.63. The summed E-state index contributed by atoms with van der Waals surface area (Å²) in [5, 5.41) is 0. The number of hydrogen-bond acceptors (Lipinski definition) is 2. The molecule has 0 aromatic rings. The Balaban J connectivity index is 1.92. The van der Waals surface area contributed by atoms with Crippen molar-refractivity contribution in [2.24, 2.45) is 11.1 Å². The number of hydrogen-bond donors (Lipinski definition) is 1. The number of nitrogens with zero attached hydrogens (tertiary/aromatic N) is 1. The van der Waals surface area contributed by atoms with Gasteiger partial charge in [0, 0.05) is 12.6 Å². The summed E-state index contributed by atoms with van der Waals surface area (Å²) in [6, 6.07) is 0.906. The van der Waals surface area contributed by atoms with Crippen LogP contribution in [0.1, 0.15) is 71.1 Å². The fraction of sp³-hybridized carbons (Fsp3) is 1.00. The predicted molar refractivity (Wildman–Crippen MR) is 78.7 cm³/mol. The molecule has 0 amide bonds. The van der Waals surface area contributed by atoms with Gasteiger partial charge in [-0.2, -0.15) is 0 Å². The molecule has 2 nitrogen and oxygen atoms in total. The first kappa shape index (κ1) is 14.3. The normalized spacial score (nSPS) is 24.2. The number of rotatable bonds is 7. The van der Waals surface area contributed by atoms with Crippen molar-refractivity contribution >= 4 is 0 Å². The minimum absolute atomic E-state index is 0.451. The zero-order valence-electron chi connectivity index (χ0n) is 12.3.